The predicted molar refractivity (Wildman–Crippen MR) is 162 cm³/mol. The third kappa shape index (κ3) is 5.18. The van der Waals surface area contributed by atoms with Crippen molar-refractivity contribution in [2.45, 2.75) is 52.1 Å². The maximum Gasteiger partial charge on any atom is 0.330 e. The van der Waals surface area contributed by atoms with Crippen molar-refractivity contribution in [1.82, 2.24) is 39.7 Å². The molecule has 0 bridgehead atoms. The lowest BCUT2D eigenvalue weighted by molar-refractivity contribution is 0.581. The molecule has 10 heteroatoms. The van der Waals surface area contributed by atoms with E-state index in [0.717, 1.165) is 59.3 Å². The molecule has 1 unspecified atom stereocenters. The highest BCUT2D eigenvalue weighted by atomic mass is 16.2. The van der Waals surface area contributed by atoms with E-state index in [4.69, 9.17) is 4.98 Å². The van der Waals surface area contributed by atoms with Gasteiger partial charge in [0.25, 0.3) is 5.56 Å². The van der Waals surface area contributed by atoms with E-state index in [1.807, 2.05) is 66.1 Å². The lowest BCUT2D eigenvalue weighted by Gasteiger charge is -2.15. The number of aromatic amines is 2. The van der Waals surface area contributed by atoms with Gasteiger partial charge in [0.2, 0.25) is 0 Å². The van der Waals surface area contributed by atoms with Gasteiger partial charge in [-0.25, -0.2) is 14.9 Å². The molecule has 0 saturated heterocycles. The first-order chi connectivity index (χ1) is 20.5. The smallest absolute Gasteiger partial charge is 0.318 e. The molecule has 3 aromatic heterocycles. The second-order valence-corrected chi connectivity index (χ2v) is 10.5. The number of nitrogens with zero attached hydrogens (tertiary/aromatic N) is 6. The first-order valence-electron chi connectivity index (χ1n) is 14.3. The van der Waals surface area contributed by atoms with Gasteiger partial charge in [-0.1, -0.05) is 98.6 Å². The zero-order chi connectivity index (χ0) is 29.1. The molecule has 6 rings (SSSR count). The second-order valence-electron chi connectivity index (χ2n) is 10.5. The largest absolute Gasteiger partial charge is 0.330 e. The Morgan fingerprint density at radius 1 is 0.881 bits per heavy atom. The number of unbranched alkanes of at least 4 members (excludes halogenated alkanes) is 2. The van der Waals surface area contributed by atoms with Gasteiger partial charge in [-0.3, -0.25) is 14.3 Å². The quantitative estimate of drug-likeness (QED) is 0.224. The fourth-order valence-electron chi connectivity index (χ4n) is 5.48. The Labute approximate surface area is 242 Å². The summed E-state index contributed by atoms with van der Waals surface area (Å²) in [6.07, 6.45) is 3.80. The predicted octanol–water partition coefficient (Wildman–Crippen LogP) is 5.12. The molecule has 0 fully saturated rings. The average molecular weight is 561 g/mol. The van der Waals surface area contributed by atoms with E-state index in [9.17, 15) is 9.59 Å². The van der Waals surface area contributed by atoms with Gasteiger partial charge < -0.3 is 4.57 Å². The molecule has 10 nitrogen and oxygen atoms in total. The number of hydrogen-bond donors (Lipinski definition) is 2. The van der Waals surface area contributed by atoms with Gasteiger partial charge in [0.15, 0.2) is 17.0 Å². The minimum atomic E-state index is -0.460. The zero-order valence-electron chi connectivity index (χ0n) is 23.6. The molecular formula is C32H32N8O2. The van der Waals surface area contributed by atoms with Gasteiger partial charge in [-0.2, -0.15) is 0 Å². The Kier molecular flexibility index (Phi) is 7.59. The molecular weight excluding hydrogens is 528 g/mol. The fraction of sp³-hybridized carbons (Fsp3) is 0.250. The lowest BCUT2D eigenvalue weighted by Crippen LogP contribution is -2.38. The van der Waals surface area contributed by atoms with Crippen LogP contribution in [0.2, 0.25) is 0 Å². The molecule has 0 aliphatic heterocycles. The van der Waals surface area contributed by atoms with Crippen LogP contribution in [0.3, 0.4) is 0 Å². The summed E-state index contributed by atoms with van der Waals surface area (Å²) in [4.78, 5) is 34.8. The monoisotopic (exact) mass is 560 g/mol. The minimum absolute atomic E-state index is 0.333. The van der Waals surface area contributed by atoms with Gasteiger partial charge in [-0.05, 0) is 46.0 Å². The molecule has 0 amide bonds. The Hall–Kier alpha value is -5.12. The van der Waals surface area contributed by atoms with Gasteiger partial charge in [0, 0.05) is 18.5 Å². The van der Waals surface area contributed by atoms with Gasteiger partial charge in [-0.15, -0.1) is 5.10 Å². The summed E-state index contributed by atoms with van der Waals surface area (Å²) in [6, 6.07) is 25.3. The van der Waals surface area contributed by atoms with E-state index in [1.54, 1.807) is 0 Å². The molecule has 0 aliphatic rings. The van der Waals surface area contributed by atoms with Crippen LogP contribution in [0.15, 0.2) is 88.5 Å². The third-order valence-corrected chi connectivity index (χ3v) is 7.72. The molecule has 212 valence electrons. The molecule has 3 heterocycles. The van der Waals surface area contributed by atoms with Gasteiger partial charge in [0.1, 0.15) is 5.82 Å². The standard InChI is InChI=1S/C32H32N8O2/c1-3-4-6-15-27-33-30-28(31(41)40(32(42)34-30)21(2)23-11-7-5-8-12-23)39(27)20-22-16-18-24(19-17-22)25-13-9-10-14-26(25)29-35-37-38-36-29/h5,7-14,16-19,21H,3-4,6,15,20H2,1-2H3,(H,34,42)(H,35,36,37,38). The summed E-state index contributed by atoms with van der Waals surface area (Å²) in [5.74, 6) is 1.40. The first kappa shape index (κ1) is 27.1. The van der Waals surface area contributed by atoms with Crippen molar-refractivity contribution in [2.24, 2.45) is 0 Å². The maximum absolute atomic E-state index is 14.0. The van der Waals surface area contributed by atoms with Crippen molar-refractivity contribution in [3.63, 3.8) is 0 Å². The number of hydrogen-bond acceptors (Lipinski definition) is 6. The molecule has 0 spiro atoms. The minimum Gasteiger partial charge on any atom is -0.318 e. The summed E-state index contributed by atoms with van der Waals surface area (Å²) in [6.45, 7) is 4.47. The summed E-state index contributed by atoms with van der Waals surface area (Å²) in [5, 5.41) is 14.4. The summed E-state index contributed by atoms with van der Waals surface area (Å²) in [5.41, 5.74) is 4.78. The molecule has 3 aromatic carbocycles. The number of rotatable bonds is 10. The van der Waals surface area contributed by atoms with Crippen LogP contribution in [0.25, 0.3) is 33.7 Å². The van der Waals surface area contributed by atoms with Crippen molar-refractivity contribution < 1.29 is 0 Å². The normalized spacial score (nSPS) is 12.1. The van der Waals surface area contributed by atoms with Crippen LogP contribution in [0.1, 0.15) is 56.1 Å². The highest BCUT2D eigenvalue weighted by molar-refractivity contribution is 5.80. The van der Waals surface area contributed by atoms with E-state index in [-0.39, 0.29) is 5.56 Å². The molecule has 42 heavy (non-hydrogen) atoms. The van der Waals surface area contributed by atoms with Gasteiger partial charge >= 0.3 is 5.69 Å². The molecule has 0 radical (unpaired) electrons. The number of H-pyrrole nitrogens is 2. The number of aromatic nitrogens is 8. The van der Waals surface area contributed by atoms with Crippen molar-refractivity contribution in [3.8, 4) is 22.5 Å². The van der Waals surface area contributed by atoms with E-state index in [1.165, 1.54) is 4.57 Å². The number of tetrazole rings is 1. The first-order valence-corrected chi connectivity index (χ1v) is 14.3. The van der Waals surface area contributed by atoms with Crippen LogP contribution in [-0.2, 0) is 13.0 Å². The number of aryl methyl sites for hydroxylation is 1. The summed E-state index contributed by atoms with van der Waals surface area (Å²) < 4.78 is 3.27. The summed E-state index contributed by atoms with van der Waals surface area (Å²) >= 11 is 0. The Balaban J connectivity index is 1.40. The fourth-order valence-corrected chi connectivity index (χ4v) is 5.48. The number of fused-ring (bicyclic) bond motifs is 1. The van der Waals surface area contributed by atoms with Crippen molar-refractivity contribution in [1.29, 1.82) is 0 Å². The summed E-state index contributed by atoms with van der Waals surface area (Å²) in [7, 11) is 0. The highest BCUT2D eigenvalue weighted by Crippen LogP contribution is 2.30. The highest BCUT2D eigenvalue weighted by Gasteiger charge is 2.21. The third-order valence-electron chi connectivity index (χ3n) is 7.72. The van der Waals surface area contributed by atoms with Crippen LogP contribution in [0.4, 0.5) is 0 Å². The van der Waals surface area contributed by atoms with Crippen molar-refractivity contribution in [3.05, 3.63) is 117 Å². The number of imidazole rings is 1. The Bertz CT molecular complexity index is 1920. The Morgan fingerprint density at radius 3 is 2.33 bits per heavy atom. The molecule has 6 aromatic rings. The maximum atomic E-state index is 14.0. The van der Waals surface area contributed by atoms with Crippen molar-refractivity contribution in [2.75, 3.05) is 0 Å². The van der Waals surface area contributed by atoms with E-state index in [2.05, 4.69) is 56.8 Å². The van der Waals surface area contributed by atoms with Crippen LogP contribution in [0, 0.1) is 0 Å². The average Bonchev–Trinajstić information content (AvgIpc) is 3.67. The molecule has 0 saturated carbocycles. The SMILES string of the molecule is CCCCCc1nc2[nH]c(=O)n(C(C)c3ccccc3)c(=O)c2n1Cc1ccc(-c2ccccc2-c2nnn[nH]2)cc1. The van der Waals surface area contributed by atoms with E-state index < -0.39 is 11.7 Å². The lowest BCUT2D eigenvalue weighted by atomic mass is 9.98. The van der Waals surface area contributed by atoms with Crippen LogP contribution >= 0.6 is 0 Å². The molecule has 1 atom stereocenters. The zero-order valence-corrected chi connectivity index (χ0v) is 23.6. The second kappa shape index (κ2) is 11.8. The topological polar surface area (TPSA) is 127 Å². The Morgan fingerprint density at radius 2 is 1.62 bits per heavy atom. The van der Waals surface area contributed by atoms with Gasteiger partial charge in [0.05, 0.1) is 6.04 Å². The van der Waals surface area contributed by atoms with Crippen LogP contribution < -0.4 is 11.2 Å². The van der Waals surface area contributed by atoms with Crippen molar-refractivity contribution >= 4 is 11.2 Å². The molecule has 0 aliphatic carbocycles. The molecule has 2 N–H and O–H groups in total. The van der Waals surface area contributed by atoms with E-state index >= 15 is 0 Å². The van der Waals surface area contributed by atoms with E-state index in [0.29, 0.717) is 23.5 Å². The van der Waals surface area contributed by atoms with Crippen LogP contribution in [-0.4, -0.2) is 39.7 Å². The number of nitrogens with one attached hydrogen (secondary N) is 2. The van der Waals surface area contributed by atoms with Crippen LogP contribution in [0.5, 0.6) is 0 Å². The number of benzene rings is 3.